The van der Waals surface area contributed by atoms with Gasteiger partial charge in [-0.05, 0) is 32.8 Å². The molecule has 1 aliphatic heterocycles. The molecule has 160 valence electrons. The molecule has 0 fully saturated rings. The van der Waals surface area contributed by atoms with Crippen LogP contribution in [0.1, 0.15) is 51.6 Å². The van der Waals surface area contributed by atoms with Crippen molar-refractivity contribution in [3.05, 3.63) is 32.9 Å². The van der Waals surface area contributed by atoms with Gasteiger partial charge in [-0.3, -0.25) is 0 Å². The maximum atomic E-state index is 13.0. The predicted octanol–water partition coefficient (Wildman–Crippen LogP) is 4.76. The minimum Gasteiger partial charge on any atom is -0.495 e. The van der Waals surface area contributed by atoms with E-state index in [1.807, 2.05) is 6.92 Å². The number of urea groups is 1. The van der Waals surface area contributed by atoms with Gasteiger partial charge in [0.1, 0.15) is 10.8 Å². The van der Waals surface area contributed by atoms with Crippen molar-refractivity contribution in [2.45, 2.75) is 52.2 Å². The number of amides is 2. The van der Waals surface area contributed by atoms with Crippen LogP contribution in [0.2, 0.25) is 10.0 Å². The van der Waals surface area contributed by atoms with E-state index in [0.29, 0.717) is 23.3 Å². The minimum atomic E-state index is -0.849. The first-order valence-electron chi connectivity index (χ1n) is 9.36. The number of nitrogens with one attached hydrogen (secondary N) is 2. The number of rotatable bonds is 8. The van der Waals surface area contributed by atoms with E-state index in [2.05, 4.69) is 10.6 Å². The fourth-order valence-electron chi connectivity index (χ4n) is 3.13. The van der Waals surface area contributed by atoms with E-state index in [0.717, 1.165) is 12.8 Å². The van der Waals surface area contributed by atoms with Gasteiger partial charge in [-0.25, -0.2) is 9.59 Å². The number of halogens is 2. The number of ether oxygens (including phenoxy) is 3. The molecule has 1 atom stereocenters. The van der Waals surface area contributed by atoms with Crippen LogP contribution in [0.25, 0.3) is 0 Å². The van der Waals surface area contributed by atoms with Crippen molar-refractivity contribution in [2.75, 3.05) is 14.2 Å². The first-order valence-corrected chi connectivity index (χ1v) is 10.1. The Kier molecular flexibility index (Phi) is 8.05. The van der Waals surface area contributed by atoms with Gasteiger partial charge in [0.25, 0.3) is 0 Å². The zero-order valence-electron chi connectivity index (χ0n) is 17.2. The third-order valence-electron chi connectivity index (χ3n) is 4.38. The Balaban J connectivity index is 2.69. The van der Waals surface area contributed by atoms with E-state index in [9.17, 15) is 9.59 Å². The molecule has 0 spiro atoms. The Hall–Kier alpha value is -2.12. The zero-order valence-corrected chi connectivity index (χ0v) is 18.7. The lowest BCUT2D eigenvalue weighted by Gasteiger charge is -2.31. The van der Waals surface area contributed by atoms with Gasteiger partial charge >= 0.3 is 12.0 Å². The smallest absolute Gasteiger partial charge is 0.338 e. The molecular weight excluding hydrogens is 419 g/mol. The van der Waals surface area contributed by atoms with Crippen LogP contribution in [0.15, 0.2) is 17.3 Å². The molecule has 2 N–H and O–H groups in total. The van der Waals surface area contributed by atoms with Gasteiger partial charge in [-0.2, -0.15) is 0 Å². The summed E-state index contributed by atoms with van der Waals surface area (Å²) in [6.07, 6.45) is 1.88. The fraction of sp³-hybridized carbons (Fsp3) is 0.500. The summed E-state index contributed by atoms with van der Waals surface area (Å²) in [6.45, 7) is 5.55. The Morgan fingerprint density at radius 2 is 1.86 bits per heavy atom. The molecular formula is C20H26Cl2N2O5. The molecule has 1 heterocycles. The van der Waals surface area contributed by atoms with Crippen LogP contribution in [-0.2, 0) is 9.53 Å². The molecule has 2 rings (SSSR count). The van der Waals surface area contributed by atoms with E-state index < -0.39 is 18.0 Å². The quantitative estimate of drug-likeness (QED) is 0.564. The molecule has 0 saturated carbocycles. The topological polar surface area (TPSA) is 85.9 Å². The van der Waals surface area contributed by atoms with E-state index in [-0.39, 0.29) is 27.6 Å². The predicted molar refractivity (Wildman–Crippen MR) is 112 cm³/mol. The molecule has 0 bridgehead atoms. The summed E-state index contributed by atoms with van der Waals surface area (Å²) in [6, 6.07) is 0.284. The van der Waals surface area contributed by atoms with Crippen molar-refractivity contribution in [3.63, 3.8) is 0 Å². The van der Waals surface area contributed by atoms with Crippen LogP contribution in [0.5, 0.6) is 11.5 Å². The average molecular weight is 445 g/mol. The second-order valence-corrected chi connectivity index (χ2v) is 7.59. The van der Waals surface area contributed by atoms with Crippen LogP contribution in [0.4, 0.5) is 4.79 Å². The van der Waals surface area contributed by atoms with Crippen LogP contribution >= 0.6 is 23.2 Å². The first-order chi connectivity index (χ1) is 13.7. The molecule has 2 amide bonds. The number of allylic oxidation sites excluding steroid dienone is 1. The lowest BCUT2D eigenvalue weighted by molar-refractivity contribution is -0.143. The number of carbonyl (C=O) groups is 2. The molecule has 7 nitrogen and oxygen atoms in total. The maximum absolute atomic E-state index is 13.0. The number of hydrogen-bond acceptors (Lipinski definition) is 5. The number of benzene rings is 1. The molecule has 0 aromatic heterocycles. The van der Waals surface area contributed by atoms with Gasteiger partial charge in [-0.1, -0.05) is 36.5 Å². The molecule has 29 heavy (non-hydrogen) atoms. The lowest BCUT2D eigenvalue weighted by atomic mass is 9.92. The van der Waals surface area contributed by atoms with Gasteiger partial charge < -0.3 is 24.8 Å². The molecule has 1 unspecified atom stereocenters. The highest BCUT2D eigenvalue weighted by Crippen LogP contribution is 2.46. The maximum Gasteiger partial charge on any atom is 0.338 e. The average Bonchev–Trinajstić information content (AvgIpc) is 2.65. The van der Waals surface area contributed by atoms with E-state index in [1.54, 1.807) is 19.9 Å². The molecule has 1 aliphatic rings. The first kappa shape index (κ1) is 23.2. The molecule has 0 saturated heterocycles. The third kappa shape index (κ3) is 5.08. The summed E-state index contributed by atoms with van der Waals surface area (Å²) < 4.78 is 16.2. The summed E-state index contributed by atoms with van der Waals surface area (Å²) in [5.41, 5.74) is 1.24. The summed E-state index contributed by atoms with van der Waals surface area (Å²) >= 11 is 12.7. The van der Waals surface area contributed by atoms with Crippen molar-refractivity contribution in [3.8, 4) is 11.5 Å². The van der Waals surface area contributed by atoms with Crippen LogP contribution in [-0.4, -0.2) is 32.3 Å². The van der Waals surface area contributed by atoms with Crippen molar-refractivity contribution in [1.82, 2.24) is 10.6 Å². The molecule has 1 aromatic rings. The molecule has 0 aliphatic carbocycles. The second-order valence-electron chi connectivity index (χ2n) is 6.81. The van der Waals surface area contributed by atoms with Gasteiger partial charge in [0.2, 0.25) is 0 Å². The van der Waals surface area contributed by atoms with Crippen LogP contribution < -0.4 is 20.1 Å². The number of hydrogen-bond donors (Lipinski definition) is 2. The normalized spacial score (nSPS) is 16.4. The van der Waals surface area contributed by atoms with Gasteiger partial charge in [-0.15, -0.1) is 0 Å². The van der Waals surface area contributed by atoms with Crippen molar-refractivity contribution in [2.24, 2.45) is 0 Å². The highest BCUT2D eigenvalue weighted by molar-refractivity contribution is 6.38. The monoisotopic (exact) mass is 444 g/mol. The third-order valence-corrected chi connectivity index (χ3v) is 5.00. The zero-order chi connectivity index (χ0) is 21.7. The molecule has 0 radical (unpaired) electrons. The van der Waals surface area contributed by atoms with Crippen LogP contribution in [0, 0.1) is 0 Å². The van der Waals surface area contributed by atoms with E-state index >= 15 is 0 Å². The summed E-state index contributed by atoms with van der Waals surface area (Å²) in [7, 11) is 2.88. The highest BCUT2D eigenvalue weighted by atomic mass is 35.5. The standard InChI is InChI=1S/C20H26Cl2N2O5/c1-6-7-8-13-14(19(25)29-10(2)3)16(24-20(26)23-13)11-9-12(21)18(28-5)15(22)17(11)27-4/h9-10,16H,6-8H2,1-5H3,(H2,23,24,26). The number of esters is 1. The van der Waals surface area contributed by atoms with Gasteiger partial charge in [0.15, 0.2) is 5.75 Å². The van der Waals surface area contributed by atoms with E-state index in [4.69, 9.17) is 37.4 Å². The van der Waals surface area contributed by atoms with E-state index in [1.165, 1.54) is 14.2 Å². The Morgan fingerprint density at radius 1 is 1.21 bits per heavy atom. The van der Waals surface area contributed by atoms with Gasteiger partial charge in [0.05, 0.1) is 37.0 Å². The SMILES string of the molecule is CCCCC1=C(C(=O)OC(C)C)C(c2cc(Cl)c(OC)c(Cl)c2OC)NC(=O)N1. The van der Waals surface area contributed by atoms with Gasteiger partial charge in [0, 0.05) is 11.3 Å². The number of methoxy groups -OCH3 is 2. The Morgan fingerprint density at radius 3 is 2.41 bits per heavy atom. The summed E-state index contributed by atoms with van der Waals surface area (Å²) in [5.74, 6) is -0.0331. The summed E-state index contributed by atoms with van der Waals surface area (Å²) in [5, 5.41) is 5.88. The van der Waals surface area contributed by atoms with Crippen molar-refractivity contribution < 1.29 is 23.8 Å². The van der Waals surface area contributed by atoms with Crippen molar-refractivity contribution >= 4 is 35.2 Å². The number of carbonyl (C=O) groups excluding carboxylic acids is 2. The minimum absolute atomic E-state index is 0.150. The largest absolute Gasteiger partial charge is 0.495 e. The highest BCUT2D eigenvalue weighted by Gasteiger charge is 2.37. The molecule has 1 aromatic carbocycles. The fourth-order valence-corrected chi connectivity index (χ4v) is 3.83. The Labute approximate surface area is 180 Å². The van der Waals surface area contributed by atoms with Crippen LogP contribution in [0.3, 0.4) is 0 Å². The second kappa shape index (κ2) is 10.1. The molecule has 9 heteroatoms. The van der Waals surface area contributed by atoms with Crippen molar-refractivity contribution in [1.29, 1.82) is 0 Å². The lowest BCUT2D eigenvalue weighted by Crippen LogP contribution is -2.46. The number of unbranched alkanes of at least 4 members (excludes halogenated alkanes) is 1. The summed E-state index contributed by atoms with van der Waals surface area (Å²) in [4.78, 5) is 25.3. The Bertz CT molecular complexity index is 824.